The molecule has 2 heterocycles. The number of carbonyl (C=O) groups is 1. The molecule has 114 valence electrons. The number of nitrogens with zero attached hydrogens (tertiary/aromatic N) is 1. The number of hydrogen-bond acceptors (Lipinski definition) is 4. The predicted octanol–water partition coefficient (Wildman–Crippen LogP) is 2.41. The van der Waals surface area contributed by atoms with E-state index in [1.54, 1.807) is 4.90 Å². The number of nitrogen functional groups attached to an aromatic ring is 1. The highest BCUT2D eigenvalue weighted by molar-refractivity contribution is 8.00. The first-order chi connectivity index (χ1) is 10.1. The van der Waals surface area contributed by atoms with Gasteiger partial charge in [0.1, 0.15) is 5.82 Å². The maximum Gasteiger partial charge on any atom is 0.256 e. The molecule has 2 aliphatic rings. The minimum atomic E-state index is -0.652. The number of amides is 1. The summed E-state index contributed by atoms with van der Waals surface area (Å²) in [5, 5.41) is 0.460. The fourth-order valence-electron chi connectivity index (χ4n) is 2.85. The molecule has 2 saturated heterocycles. The van der Waals surface area contributed by atoms with Gasteiger partial charge in [-0.3, -0.25) is 4.79 Å². The van der Waals surface area contributed by atoms with Crippen molar-refractivity contribution in [2.75, 3.05) is 31.2 Å². The molecule has 2 fully saturated rings. The lowest BCUT2D eigenvalue weighted by Gasteiger charge is -2.43. The van der Waals surface area contributed by atoms with Crippen LogP contribution in [-0.2, 0) is 4.74 Å². The van der Waals surface area contributed by atoms with Crippen molar-refractivity contribution in [1.82, 2.24) is 4.90 Å². The summed E-state index contributed by atoms with van der Waals surface area (Å²) in [6.07, 6.45) is 0.798. The Morgan fingerprint density at radius 3 is 3.14 bits per heavy atom. The molecular formula is C14H16ClFN2O2S. The summed E-state index contributed by atoms with van der Waals surface area (Å²) in [6, 6.07) is 2.68. The van der Waals surface area contributed by atoms with E-state index in [-0.39, 0.29) is 33.5 Å². The van der Waals surface area contributed by atoms with E-state index in [1.165, 1.54) is 6.07 Å². The molecule has 0 aliphatic carbocycles. The lowest BCUT2D eigenvalue weighted by molar-refractivity contribution is 0.0319. The average molecular weight is 331 g/mol. The molecule has 4 nitrogen and oxygen atoms in total. The summed E-state index contributed by atoms with van der Waals surface area (Å²) in [5.74, 6) is -0.0500. The van der Waals surface area contributed by atoms with Crippen molar-refractivity contribution in [3.63, 3.8) is 0 Å². The Balaban J connectivity index is 1.90. The number of carbonyl (C=O) groups excluding carboxylic acids is 1. The minimum absolute atomic E-state index is 0.117. The number of nitrogens with two attached hydrogens (primary N) is 1. The Hall–Kier alpha value is -0.980. The van der Waals surface area contributed by atoms with E-state index in [1.807, 2.05) is 11.8 Å². The summed E-state index contributed by atoms with van der Waals surface area (Å²) in [6.45, 7) is 1.93. The largest absolute Gasteiger partial charge is 0.396 e. The smallest absolute Gasteiger partial charge is 0.256 e. The highest BCUT2D eigenvalue weighted by Gasteiger charge is 2.37. The molecule has 2 N–H and O–H groups in total. The van der Waals surface area contributed by atoms with Crippen LogP contribution >= 0.6 is 23.4 Å². The fraction of sp³-hybridized carbons (Fsp3) is 0.500. The van der Waals surface area contributed by atoms with Gasteiger partial charge < -0.3 is 15.4 Å². The second kappa shape index (κ2) is 6.02. The van der Waals surface area contributed by atoms with Crippen molar-refractivity contribution in [3.8, 4) is 0 Å². The van der Waals surface area contributed by atoms with Gasteiger partial charge >= 0.3 is 0 Å². The number of thioether (sulfide) groups is 1. The van der Waals surface area contributed by atoms with Crippen LogP contribution in [0, 0.1) is 5.82 Å². The molecule has 21 heavy (non-hydrogen) atoms. The monoisotopic (exact) mass is 330 g/mol. The molecule has 2 aliphatic heterocycles. The summed E-state index contributed by atoms with van der Waals surface area (Å²) in [7, 11) is 0. The number of rotatable bonds is 1. The van der Waals surface area contributed by atoms with E-state index >= 15 is 0 Å². The molecule has 1 amide bonds. The summed E-state index contributed by atoms with van der Waals surface area (Å²) >= 11 is 7.68. The van der Waals surface area contributed by atoms with Crippen LogP contribution in [0.1, 0.15) is 16.8 Å². The molecule has 0 aromatic heterocycles. The molecule has 2 atom stereocenters. The molecule has 1 aromatic rings. The van der Waals surface area contributed by atoms with Crippen molar-refractivity contribution in [3.05, 3.63) is 28.5 Å². The fourth-order valence-corrected chi connectivity index (χ4v) is 4.36. The SMILES string of the molecule is Nc1c(F)cc(Cl)cc1C(=O)N1CCSC2COCCC21. The second-order valence-corrected chi connectivity index (χ2v) is 6.97. The van der Waals surface area contributed by atoms with Gasteiger partial charge in [0.25, 0.3) is 5.91 Å². The van der Waals surface area contributed by atoms with Gasteiger partial charge in [0, 0.05) is 35.2 Å². The quantitative estimate of drug-likeness (QED) is 0.803. The molecule has 0 radical (unpaired) electrons. The van der Waals surface area contributed by atoms with Gasteiger partial charge in [0.05, 0.1) is 17.9 Å². The summed E-state index contributed by atoms with van der Waals surface area (Å²) in [5.41, 5.74) is 5.73. The normalized spacial score (nSPS) is 25.5. The molecule has 1 aromatic carbocycles. The third kappa shape index (κ3) is 2.84. The second-order valence-electron chi connectivity index (χ2n) is 5.19. The number of anilines is 1. The molecule has 3 rings (SSSR count). The van der Waals surface area contributed by atoms with Crippen LogP contribution in [0.4, 0.5) is 10.1 Å². The zero-order chi connectivity index (χ0) is 15.0. The van der Waals surface area contributed by atoms with E-state index in [0.717, 1.165) is 18.2 Å². The van der Waals surface area contributed by atoms with Gasteiger partial charge in [-0.2, -0.15) is 11.8 Å². The van der Waals surface area contributed by atoms with Crippen LogP contribution in [0.2, 0.25) is 5.02 Å². The van der Waals surface area contributed by atoms with Crippen molar-refractivity contribution in [1.29, 1.82) is 0 Å². The lowest BCUT2D eigenvalue weighted by atomic mass is 10.0. The van der Waals surface area contributed by atoms with Crippen LogP contribution in [0.3, 0.4) is 0 Å². The molecule has 7 heteroatoms. The maximum atomic E-state index is 13.7. The third-order valence-corrected chi connectivity index (χ3v) is 5.43. The Morgan fingerprint density at radius 1 is 1.52 bits per heavy atom. The Bertz CT molecular complexity index is 570. The van der Waals surface area contributed by atoms with Crippen LogP contribution in [0.15, 0.2) is 12.1 Å². The van der Waals surface area contributed by atoms with Crippen LogP contribution < -0.4 is 5.73 Å². The van der Waals surface area contributed by atoms with Gasteiger partial charge in [-0.1, -0.05) is 11.6 Å². The van der Waals surface area contributed by atoms with Gasteiger partial charge in [-0.25, -0.2) is 4.39 Å². The van der Waals surface area contributed by atoms with E-state index in [2.05, 4.69) is 0 Å². The number of fused-ring (bicyclic) bond motifs is 1. The Kier molecular flexibility index (Phi) is 4.28. The number of halogens is 2. The van der Waals surface area contributed by atoms with Crippen molar-refractivity contribution < 1.29 is 13.9 Å². The van der Waals surface area contributed by atoms with Crippen LogP contribution in [-0.4, -0.2) is 47.6 Å². The summed E-state index contributed by atoms with van der Waals surface area (Å²) in [4.78, 5) is 14.5. The molecular weight excluding hydrogens is 315 g/mol. The first kappa shape index (κ1) is 14.9. The standard InChI is InChI=1S/C14H16ClFN2O2S/c15-8-5-9(13(17)10(16)6-8)14(19)18-2-4-21-12-7-20-3-1-11(12)18/h5-6,11-12H,1-4,7,17H2. The van der Waals surface area contributed by atoms with E-state index in [9.17, 15) is 9.18 Å². The van der Waals surface area contributed by atoms with Crippen LogP contribution in [0.25, 0.3) is 0 Å². The van der Waals surface area contributed by atoms with Gasteiger partial charge in [-0.15, -0.1) is 0 Å². The Labute approximate surface area is 131 Å². The van der Waals surface area contributed by atoms with Gasteiger partial charge in [0.2, 0.25) is 0 Å². The zero-order valence-electron chi connectivity index (χ0n) is 11.4. The highest BCUT2D eigenvalue weighted by Crippen LogP contribution is 2.32. The predicted molar refractivity (Wildman–Crippen MR) is 82.3 cm³/mol. The van der Waals surface area contributed by atoms with Gasteiger partial charge in [0.15, 0.2) is 0 Å². The topological polar surface area (TPSA) is 55.6 Å². The zero-order valence-corrected chi connectivity index (χ0v) is 12.9. The van der Waals surface area contributed by atoms with E-state index < -0.39 is 5.82 Å². The number of benzene rings is 1. The Morgan fingerprint density at radius 2 is 2.33 bits per heavy atom. The van der Waals surface area contributed by atoms with E-state index in [4.69, 9.17) is 22.1 Å². The lowest BCUT2D eigenvalue weighted by Crippen LogP contribution is -2.54. The molecule has 0 spiro atoms. The maximum absolute atomic E-state index is 13.7. The molecule has 0 saturated carbocycles. The molecule has 2 unspecified atom stereocenters. The highest BCUT2D eigenvalue weighted by atomic mass is 35.5. The summed E-state index contributed by atoms with van der Waals surface area (Å²) < 4.78 is 19.2. The van der Waals surface area contributed by atoms with Crippen molar-refractivity contribution in [2.45, 2.75) is 17.7 Å². The first-order valence-corrected chi connectivity index (χ1v) is 8.25. The average Bonchev–Trinajstić information content (AvgIpc) is 2.49. The van der Waals surface area contributed by atoms with Gasteiger partial charge in [-0.05, 0) is 18.6 Å². The van der Waals surface area contributed by atoms with Crippen LogP contribution in [0.5, 0.6) is 0 Å². The number of ether oxygens (including phenoxy) is 1. The van der Waals surface area contributed by atoms with E-state index in [0.29, 0.717) is 19.8 Å². The van der Waals surface area contributed by atoms with Crippen molar-refractivity contribution in [2.24, 2.45) is 0 Å². The first-order valence-electron chi connectivity index (χ1n) is 6.83. The number of hydrogen-bond donors (Lipinski definition) is 1. The van der Waals surface area contributed by atoms with Crippen molar-refractivity contribution >= 4 is 35.0 Å². The third-order valence-electron chi connectivity index (χ3n) is 3.92. The molecule has 0 bridgehead atoms. The minimum Gasteiger partial charge on any atom is -0.396 e.